The number of nitrogens with zero attached hydrogens (tertiary/aromatic N) is 2. The topological polar surface area (TPSA) is 161 Å². The Morgan fingerprint density at radius 2 is 1.57 bits per heavy atom. The van der Waals surface area contributed by atoms with Gasteiger partial charge in [0.05, 0.1) is 35.7 Å². The summed E-state index contributed by atoms with van der Waals surface area (Å²) in [6.07, 6.45) is -5.63. The minimum absolute atomic E-state index is 0.00203. The Hall–Kier alpha value is -4.82. The first-order valence-electron chi connectivity index (χ1n) is 14.7. The molecule has 0 bridgehead atoms. The zero-order chi connectivity index (χ0) is 32.4. The minimum atomic E-state index is -1.33. The molecule has 13 heteroatoms. The lowest BCUT2D eigenvalue weighted by Crippen LogP contribution is -2.68. The number of nitro groups is 1. The van der Waals surface area contributed by atoms with Crippen LogP contribution in [0.5, 0.6) is 0 Å². The molecule has 2 saturated heterocycles. The number of nitro benzene ring substituents is 1. The normalized spacial score (nSPS) is 25.5. The number of esters is 1. The summed E-state index contributed by atoms with van der Waals surface area (Å²) in [6.45, 7) is 1.23. The molecule has 2 fully saturated rings. The second kappa shape index (κ2) is 13.3. The van der Waals surface area contributed by atoms with E-state index in [0.29, 0.717) is 11.1 Å². The molecule has 3 aliphatic rings. The molecule has 3 heterocycles. The molecular weight excluding hydrogens is 600 g/mol. The highest BCUT2D eigenvalue weighted by Gasteiger charge is 2.58. The fraction of sp³-hybridized carbons (Fsp3) is 0.333. The van der Waals surface area contributed by atoms with Crippen molar-refractivity contribution >= 4 is 29.3 Å². The van der Waals surface area contributed by atoms with Crippen molar-refractivity contribution in [1.82, 2.24) is 4.90 Å². The summed E-state index contributed by atoms with van der Waals surface area (Å²) >= 11 is 0. The van der Waals surface area contributed by atoms with Crippen LogP contribution in [-0.2, 0) is 39.9 Å². The van der Waals surface area contributed by atoms with Crippen LogP contribution in [0.1, 0.15) is 57.9 Å². The Labute approximate surface area is 263 Å². The standard InChI is InChI=1S/C33H30N2O11/c1-19(36)11-16-26(37)45-29-27(34-30(38)23-9-5-6-10-24(23)31(34)39)33(42-17-20-12-14-22(15-13-20)35(40)41)44-25-18-43-32(46-28(25)29)21-7-3-2-4-8-21/h2-10,12-15,25,27-29,32-33H,11,16-18H2,1H3/t25-,27-,28-,29-,32?,33-/m1/s1. The molecule has 3 aromatic rings. The van der Waals surface area contributed by atoms with Gasteiger partial charge >= 0.3 is 5.97 Å². The molecule has 3 aliphatic heterocycles. The summed E-state index contributed by atoms with van der Waals surface area (Å²) in [5.74, 6) is -2.21. The molecule has 0 N–H and O–H groups in total. The van der Waals surface area contributed by atoms with Crippen LogP contribution in [0.3, 0.4) is 0 Å². The van der Waals surface area contributed by atoms with Gasteiger partial charge in [0, 0.05) is 24.1 Å². The fourth-order valence-corrected chi connectivity index (χ4v) is 5.74. The predicted octanol–water partition coefficient (Wildman–Crippen LogP) is 3.90. The van der Waals surface area contributed by atoms with Crippen molar-refractivity contribution in [3.63, 3.8) is 0 Å². The van der Waals surface area contributed by atoms with Gasteiger partial charge in [0.15, 0.2) is 18.7 Å². The summed E-state index contributed by atoms with van der Waals surface area (Å²) < 4.78 is 30.8. The summed E-state index contributed by atoms with van der Waals surface area (Å²) in [4.78, 5) is 64.0. The maximum atomic E-state index is 13.8. The minimum Gasteiger partial charge on any atom is -0.457 e. The third kappa shape index (κ3) is 6.30. The zero-order valence-electron chi connectivity index (χ0n) is 24.7. The quantitative estimate of drug-likeness (QED) is 0.138. The van der Waals surface area contributed by atoms with Gasteiger partial charge in [-0.15, -0.1) is 0 Å². The highest BCUT2D eigenvalue weighted by molar-refractivity contribution is 6.21. The van der Waals surface area contributed by atoms with Gasteiger partial charge < -0.3 is 28.5 Å². The lowest BCUT2D eigenvalue weighted by Gasteiger charge is -2.50. The number of non-ortho nitro benzene ring substituents is 1. The van der Waals surface area contributed by atoms with E-state index in [2.05, 4.69) is 0 Å². The molecule has 6 rings (SSSR count). The first-order chi connectivity index (χ1) is 22.2. The van der Waals surface area contributed by atoms with Crippen LogP contribution in [0.15, 0.2) is 78.9 Å². The van der Waals surface area contributed by atoms with Crippen LogP contribution in [0.25, 0.3) is 0 Å². The largest absolute Gasteiger partial charge is 0.457 e. The number of carbonyl (C=O) groups is 4. The van der Waals surface area contributed by atoms with E-state index in [0.717, 1.165) is 4.90 Å². The van der Waals surface area contributed by atoms with E-state index in [-0.39, 0.29) is 48.7 Å². The summed E-state index contributed by atoms with van der Waals surface area (Å²) in [7, 11) is 0. The number of amides is 2. The van der Waals surface area contributed by atoms with Crippen molar-refractivity contribution < 1.29 is 47.8 Å². The number of benzene rings is 3. The highest BCUT2D eigenvalue weighted by atomic mass is 16.8. The van der Waals surface area contributed by atoms with Crippen molar-refractivity contribution in [1.29, 1.82) is 0 Å². The first kappa shape index (κ1) is 31.2. The Balaban J connectivity index is 1.36. The molecule has 0 spiro atoms. The van der Waals surface area contributed by atoms with E-state index < -0.39 is 59.6 Å². The maximum Gasteiger partial charge on any atom is 0.306 e. The van der Waals surface area contributed by atoms with Crippen molar-refractivity contribution in [2.45, 2.75) is 63.3 Å². The van der Waals surface area contributed by atoms with Crippen LogP contribution < -0.4 is 0 Å². The smallest absolute Gasteiger partial charge is 0.306 e. The van der Waals surface area contributed by atoms with E-state index in [1.807, 2.05) is 18.2 Å². The number of imide groups is 1. The number of Topliss-reactive ketones (excluding diaryl/α,β-unsaturated/α-hetero) is 1. The van der Waals surface area contributed by atoms with Crippen LogP contribution in [0.2, 0.25) is 0 Å². The fourth-order valence-electron chi connectivity index (χ4n) is 5.74. The molecular formula is C33H30N2O11. The number of fused-ring (bicyclic) bond motifs is 2. The SMILES string of the molecule is CC(=O)CCC(=O)O[C@H]1[C@@H]2OC(c3ccccc3)OC[C@H]2O[C@@H](OCc2ccc([N+](=O)[O-])cc2)[C@@H]1N1C(=O)c2ccccc2C1=O. The second-order valence-electron chi connectivity index (χ2n) is 11.1. The average molecular weight is 631 g/mol. The van der Waals surface area contributed by atoms with E-state index >= 15 is 0 Å². The van der Waals surface area contributed by atoms with Gasteiger partial charge in [0.25, 0.3) is 17.5 Å². The average Bonchev–Trinajstić information content (AvgIpc) is 3.32. The Morgan fingerprint density at radius 3 is 2.20 bits per heavy atom. The van der Waals surface area contributed by atoms with E-state index in [1.165, 1.54) is 43.3 Å². The monoisotopic (exact) mass is 630 g/mol. The Kier molecular flexibility index (Phi) is 8.99. The lowest BCUT2D eigenvalue weighted by atomic mass is 9.94. The molecule has 46 heavy (non-hydrogen) atoms. The van der Waals surface area contributed by atoms with Crippen LogP contribution >= 0.6 is 0 Å². The van der Waals surface area contributed by atoms with Gasteiger partial charge in [-0.25, -0.2) is 0 Å². The molecule has 0 aliphatic carbocycles. The number of carbonyl (C=O) groups excluding carboxylic acids is 4. The number of hydrogen-bond acceptors (Lipinski definition) is 11. The van der Waals surface area contributed by atoms with Gasteiger partial charge in [-0.3, -0.25) is 29.4 Å². The van der Waals surface area contributed by atoms with Crippen molar-refractivity contribution in [2.75, 3.05) is 6.61 Å². The van der Waals surface area contributed by atoms with Crippen molar-refractivity contribution in [3.05, 3.63) is 111 Å². The van der Waals surface area contributed by atoms with Crippen LogP contribution in [0, 0.1) is 10.1 Å². The molecule has 238 valence electrons. The maximum absolute atomic E-state index is 13.8. The molecule has 0 aromatic heterocycles. The zero-order valence-corrected chi connectivity index (χ0v) is 24.7. The van der Waals surface area contributed by atoms with Crippen LogP contribution in [0.4, 0.5) is 5.69 Å². The second-order valence-corrected chi connectivity index (χ2v) is 11.1. The van der Waals surface area contributed by atoms with Gasteiger partial charge in [-0.2, -0.15) is 0 Å². The molecule has 0 radical (unpaired) electrons. The summed E-state index contributed by atoms with van der Waals surface area (Å²) in [5.41, 5.74) is 1.47. The third-order valence-electron chi connectivity index (χ3n) is 8.01. The van der Waals surface area contributed by atoms with Crippen LogP contribution in [-0.4, -0.2) is 70.6 Å². The van der Waals surface area contributed by atoms with E-state index in [4.69, 9.17) is 23.7 Å². The molecule has 2 amide bonds. The van der Waals surface area contributed by atoms with E-state index in [1.54, 1.807) is 24.3 Å². The number of hydrogen-bond donors (Lipinski definition) is 0. The highest BCUT2D eigenvalue weighted by Crippen LogP contribution is 2.40. The number of ketones is 1. The Bertz CT molecular complexity index is 1610. The Morgan fingerprint density at radius 1 is 0.913 bits per heavy atom. The van der Waals surface area contributed by atoms with Crippen molar-refractivity contribution in [3.8, 4) is 0 Å². The summed E-state index contributed by atoms with van der Waals surface area (Å²) in [6, 6.07) is 19.8. The number of rotatable bonds is 10. The third-order valence-corrected chi connectivity index (χ3v) is 8.01. The lowest BCUT2D eigenvalue weighted by molar-refractivity contribution is -0.384. The molecule has 13 nitrogen and oxygen atoms in total. The number of ether oxygens (including phenoxy) is 5. The van der Waals surface area contributed by atoms with Gasteiger partial charge in [0.1, 0.15) is 24.0 Å². The van der Waals surface area contributed by atoms with Crippen molar-refractivity contribution in [2.24, 2.45) is 0 Å². The van der Waals surface area contributed by atoms with E-state index in [9.17, 15) is 29.3 Å². The van der Waals surface area contributed by atoms with Gasteiger partial charge in [-0.1, -0.05) is 42.5 Å². The first-order valence-corrected chi connectivity index (χ1v) is 14.7. The summed E-state index contributed by atoms with van der Waals surface area (Å²) in [5, 5.41) is 11.1. The molecule has 1 unspecified atom stereocenters. The van der Waals surface area contributed by atoms with Gasteiger partial charge in [0.2, 0.25) is 0 Å². The molecule has 6 atom stereocenters. The molecule has 0 saturated carbocycles. The molecule has 3 aromatic carbocycles. The van der Waals surface area contributed by atoms with Gasteiger partial charge in [-0.05, 0) is 36.8 Å². The predicted molar refractivity (Wildman–Crippen MR) is 157 cm³/mol.